The lowest BCUT2D eigenvalue weighted by Crippen LogP contribution is -2.37. The number of amides is 1. The monoisotopic (exact) mass is 328 g/mol. The molecule has 2 rings (SSSR count). The number of carbonyl (C=O) groups excluding carboxylic acids is 1. The maximum atomic E-state index is 12.1. The topological polar surface area (TPSA) is 41.4 Å². The van der Waals surface area contributed by atoms with Gasteiger partial charge in [-0.1, -0.05) is 0 Å². The largest absolute Gasteiger partial charge is 0.342 e. The van der Waals surface area contributed by atoms with E-state index in [0.717, 1.165) is 48.3 Å². The summed E-state index contributed by atoms with van der Waals surface area (Å²) < 4.78 is 2.91. The third-order valence-electron chi connectivity index (χ3n) is 3.55. The van der Waals surface area contributed by atoms with Gasteiger partial charge in [0, 0.05) is 26.7 Å². The van der Waals surface area contributed by atoms with Crippen LogP contribution >= 0.6 is 15.9 Å². The summed E-state index contributed by atoms with van der Waals surface area (Å²) in [5.74, 6) is 0.231. The van der Waals surface area contributed by atoms with Crippen molar-refractivity contribution < 1.29 is 4.79 Å². The Hall–Kier alpha value is -0.880. The lowest BCUT2D eigenvalue weighted by Gasteiger charge is -2.21. The highest BCUT2D eigenvalue weighted by Gasteiger charge is 2.20. The van der Waals surface area contributed by atoms with Crippen LogP contribution in [0, 0.1) is 6.92 Å². The van der Waals surface area contributed by atoms with E-state index in [1.807, 2.05) is 35.5 Å². The Kier molecular flexibility index (Phi) is 4.62. The first-order valence-electron chi connectivity index (χ1n) is 6.63. The highest BCUT2D eigenvalue weighted by atomic mass is 79.9. The number of likely N-dealkylation sites (N-methyl/N-ethyl adjacent to an activating group) is 1. The van der Waals surface area contributed by atoms with Gasteiger partial charge >= 0.3 is 0 Å². The van der Waals surface area contributed by atoms with Crippen molar-refractivity contribution in [3.63, 3.8) is 0 Å². The number of rotatable bonds is 4. The average Bonchev–Trinajstić information content (AvgIpc) is 2.94. The van der Waals surface area contributed by atoms with Gasteiger partial charge in [0.2, 0.25) is 5.91 Å². The average molecular weight is 329 g/mol. The number of likely N-dealkylation sites (tertiary alicyclic amines) is 1. The lowest BCUT2D eigenvalue weighted by atomic mass is 10.3. The summed E-state index contributed by atoms with van der Waals surface area (Å²) in [5, 5.41) is 4.37. The molecule has 1 amide bonds. The molecule has 1 saturated heterocycles. The van der Waals surface area contributed by atoms with Crippen LogP contribution in [-0.4, -0.2) is 52.2 Å². The lowest BCUT2D eigenvalue weighted by molar-refractivity contribution is -0.131. The van der Waals surface area contributed by atoms with Gasteiger partial charge in [-0.3, -0.25) is 14.4 Å². The molecule has 106 valence electrons. The Bertz CT molecular complexity index is 465. The second-order valence-electron chi connectivity index (χ2n) is 5.23. The van der Waals surface area contributed by atoms with Crippen LogP contribution < -0.4 is 0 Å². The number of nitrogens with zero attached hydrogens (tertiary/aromatic N) is 4. The molecule has 1 aliphatic heterocycles. The molecule has 1 aliphatic rings. The molecule has 2 heterocycles. The molecule has 6 heteroatoms. The maximum absolute atomic E-state index is 12.1. The minimum Gasteiger partial charge on any atom is -0.342 e. The second-order valence-corrected chi connectivity index (χ2v) is 6.02. The molecule has 0 spiro atoms. The van der Waals surface area contributed by atoms with E-state index in [9.17, 15) is 4.79 Å². The molecule has 0 atom stereocenters. The predicted molar refractivity (Wildman–Crippen MR) is 77.8 cm³/mol. The van der Waals surface area contributed by atoms with Crippen LogP contribution in [0.4, 0.5) is 0 Å². The Labute approximate surface area is 122 Å². The third kappa shape index (κ3) is 3.36. The van der Waals surface area contributed by atoms with Crippen molar-refractivity contribution in [3.8, 4) is 0 Å². The molecule has 0 aromatic carbocycles. The van der Waals surface area contributed by atoms with Crippen molar-refractivity contribution in [1.82, 2.24) is 19.6 Å². The summed E-state index contributed by atoms with van der Waals surface area (Å²) in [6.07, 6.45) is 2.28. The fourth-order valence-corrected chi connectivity index (χ4v) is 2.92. The van der Waals surface area contributed by atoms with Gasteiger partial charge in [-0.25, -0.2) is 0 Å². The Morgan fingerprint density at radius 3 is 2.58 bits per heavy atom. The zero-order valence-electron chi connectivity index (χ0n) is 11.8. The maximum Gasteiger partial charge on any atom is 0.236 e. The van der Waals surface area contributed by atoms with E-state index in [1.165, 1.54) is 0 Å². The van der Waals surface area contributed by atoms with E-state index >= 15 is 0 Å². The van der Waals surface area contributed by atoms with Gasteiger partial charge in [-0.2, -0.15) is 5.10 Å². The minimum atomic E-state index is 0.231. The normalized spacial score (nSPS) is 15.5. The van der Waals surface area contributed by atoms with Crippen LogP contribution in [0.3, 0.4) is 0 Å². The van der Waals surface area contributed by atoms with Gasteiger partial charge in [0.25, 0.3) is 0 Å². The third-order valence-corrected chi connectivity index (χ3v) is 4.58. The fraction of sp³-hybridized carbons (Fsp3) is 0.692. The first-order valence-corrected chi connectivity index (χ1v) is 7.42. The van der Waals surface area contributed by atoms with Crippen LogP contribution in [0.25, 0.3) is 0 Å². The molecule has 0 saturated carbocycles. The first kappa shape index (κ1) is 14.5. The van der Waals surface area contributed by atoms with E-state index in [2.05, 4.69) is 21.0 Å². The molecule has 5 nitrogen and oxygen atoms in total. The van der Waals surface area contributed by atoms with Crippen molar-refractivity contribution in [2.24, 2.45) is 7.05 Å². The Morgan fingerprint density at radius 2 is 2.05 bits per heavy atom. The Balaban J connectivity index is 1.93. The van der Waals surface area contributed by atoms with Crippen LogP contribution in [0.2, 0.25) is 0 Å². The summed E-state index contributed by atoms with van der Waals surface area (Å²) in [6.45, 7) is 5.00. The molecule has 0 radical (unpaired) electrons. The molecule has 1 fully saturated rings. The highest BCUT2D eigenvalue weighted by molar-refractivity contribution is 9.10. The molecule has 0 unspecified atom stereocenters. The molecular weight excluding hydrogens is 308 g/mol. The minimum absolute atomic E-state index is 0.231. The van der Waals surface area contributed by atoms with Crippen LogP contribution in [0.1, 0.15) is 24.2 Å². The van der Waals surface area contributed by atoms with E-state index in [4.69, 9.17) is 0 Å². The first-order chi connectivity index (χ1) is 8.99. The molecule has 0 bridgehead atoms. The second kappa shape index (κ2) is 6.05. The van der Waals surface area contributed by atoms with E-state index < -0.39 is 0 Å². The SMILES string of the molecule is Cc1nn(C)c(CN(C)CC(=O)N2CCCC2)c1Br. The van der Waals surface area contributed by atoms with Crippen molar-refractivity contribution in [2.45, 2.75) is 26.3 Å². The number of hydrogen-bond acceptors (Lipinski definition) is 3. The van der Waals surface area contributed by atoms with Crippen molar-refractivity contribution in [3.05, 3.63) is 15.9 Å². The van der Waals surface area contributed by atoms with E-state index in [1.54, 1.807) is 0 Å². The van der Waals surface area contributed by atoms with Crippen molar-refractivity contribution in [1.29, 1.82) is 0 Å². The number of hydrogen-bond donors (Lipinski definition) is 0. The van der Waals surface area contributed by atoms with Crippen molar-refractivity contribution >= 4 is 21.8 Å². The smallest absolute Gasteiger partial charge is 0.236 e. The van der Waals surface area contributed by atoms with Gasteiger partial charge < -0.3 is 4.90 Å². The predicted octanol–water partition coefficient (Wildman–Crippen LogP) is 1.55. The van der Waals surface area contributed by atoms with Gasteiger partial charge in [-0.05, 0) is 42.7 Å². The van der Waals surface area contributed by atoms with Crippen LogP contribution in [0.15, 0.2) is 4.47 Å². The standard InChI is InChI=1S/C13H21BrN4O/c1-10-13(14)11(17(3)15-10)8-16(2)9-12(19)18-6-4-5-7-18/h4-9H2,1-3H3. The van der Waals surface area contributed by atoms with Gasteiger partial charge in [0.1, 0.15) is 0 Å². The summed E-state index contributed by atoms with van der Waals surface area (Å²) in [4.78, 5) is 16.1. The van der Waals surface area contributed by atoms with Gasteiger partial charge in [0.15, 0.2) is 0 Å². The zero-order chi connectivity index (χ0) is 14.0. The molecule has 0 N–H and O–H groups in total. The Morgan fingerprint density at radius 1 is 1.42 bits per heavy atom. The zero-order valence-corrected chi connectivity index (χ0v) is 13.4. The molecule has 1 aromatic heterocycles. The number of carbonyl (C=O) groups is 1. The number of aryl methyl sites for hydroxylation is 2. The number of halogens is 1. The summed E-state index contributed by atoms with van der Waals surface area (Å²) in [7, 11) is 3.91. The fourth-order valence-electron chi connectivity index (χ4n) is 2.46. The summed E-state index contributed by atoms with van der Waals surface area (Å²) in [5.41, 5.74) is 2.09. The highest BCUT2D eigenvalue weighted by Crippen LogP contribution is 2.21. The van der Waals surface area contributed by atoms with Gasteiger partial charge in [0.05, 0.1) is 22.4 Å². The van der Waals surface area contributed by atoms with Crippen molar-refractivity contribution in [2.75, 3.05) is 26.7 Å². The van der Waals surface area contributed by atoms with Crippen LogP contribution in [-0.2, 0) is 18.4 Å². The molecule has 1 aromatic rings. The van der Waals surface area contributed by atoms with Gasteiger partial charge in [-0.15, -0.1) is 0 Å². The quantitative estimate of drug-likeness (QED) is 0.842. The van der Waals surface area contributed by atoms with E-state index in [-0.39, 0.29) is 5.91 Å². The summed E-state index contributed by atoms with van der Waals surface area (Å²) >= 11 is 3.56. The van der Waals surface area contributed by atoms with E-state index in [0.29, 0.717) is 6.54 Å². The number of aromatic nitrogens is 2. The molecule has 19 heavy (non-hydrogen) atoms. The molecular formula is C13H21BrN4O. The van der Waals surface area contributed by atoms with Crippen LogP contribution in [0.5, 0.6) is 0 Å². The molecule has 0 aliphatic carbocycles. The summed E-state index contributed by atoms with van der Waals surface area (Å²) in [6, 6.07) is 0.